The molecule has 0 aliphatic carbocycles. The summed E-state index contributed by atoms with van der Waals surface area (Å²) in [5, 5.41) is 6.66. The fourth-order valence-electron chi connectivity index (χ4n) is 1.12. The average molecular weight is 226 g/mol. The number of ether oxygens (including phenoxy) is 1. The Bertz CT molecular complexity index is 362. The molecule has 1 N–H and O–H groups in total. The molecule has 16 heavy (non-hydrogen) atoms. The van der Waals surface area contributed by atoms with Crippen LogP contribution < -0.4 is 5.32 Å². The number of aromatic nitrogens is 3. The second-order valence-corrected chi connectivity index (χ2v) is 3.68. The maximum atomic E-state index is 11.5. The fraction of sp³-hybridized carbons (Fsp3) is 0.700. The smallest absolute Gasteiger partial charge is 0.252 e. The van der Waals surface area contributed by atoms with Gasteiger partial charge < -0.3 is 4.74 Å². The first-order chi connectivity index (χ1) is 7.52. The normalized spacial score (nSPS) is 12.5. The third-order valence-electron chi connectivity index (χ3n) is 2.19. The summed E-state index contributed by atoms with van der Waals surface area (Å²) in [6.07, 6.45) is 0.975. The Labute approximate surface area is 95.0 Å². The summed E-state index contributed by atoms with van der Waals surface area (Å²) in [6, 6.07) is 0. The molecule has 0 saturated carbocycles. The molecule has 0 aromatic carbocycles. The number of nitrogens with zero attached hydrogens (tertiary/aromatic N) is 3. The number of amides is 1. The van der Waals surface area contributed by atoms with Crippen molar-refractivity contribution in [1.82, 2.24) is 14.8 Å². The average Bonchev–Trinajstić information content (AvgIpc) is 2.54. The summed E-state index contributed by atoms with van der Waals surface area (Å²) in [6.45, 7) is 5.75. The van der Waals surface area contributed by atoms with E-state index >= 15 is 0 Å². The maximum absolute atomic E-state index is 11.5. The van der Waals surface area contributed by atoms with Gasteiger partial charge in [-0.15, -0.1) is 0 Å². The zero-order valence-corrected chi connectivity index (χ0v) is 10.1. The Kier molecular flexibility index (Phi) is 4.42. The molecule has 0 spiro atoms. The number of aryl methyl sites for hydroxylation is 2. The van der Waals surface area contributed by atoms with Crippen LogP contribution in [0.4, 0.5) is 5.95 Å². The van der Waals surface area contributed by atoms with Crippen molar-refractivity contribution in [2.75, 3.05) is 11.9 Å². The predicted molar refractivity (Wildman–Crippen MR) is 60.1 cm³/mol. The van der Waals surface area contributed by atoms with E-state index < -0.39 is 0 Å². The predicted octanol–water partition coefficient (Wildman–Crippen LogP) is 0.877. The second kappa shape index (κ2) is 5.60. The summed E-state index contributed by atoms with van der Waals surface area (Å²) in [5.41, 5.74) is 0. The maximum Gasteiger partial charge on any atom is 0.252 e. The molecule has 6 heteroatoms. The summed E-state index contributed by atoms with van der Waals surface area (Å²) in [7, 11) is 1.73. The van der Waals surface area contributed by atoms with Gasteiger partial charge in [0.1, 0.15) is 12.4 Å². The molecule has 1 heterocycles. The van der Waals surface area contributed by atoms with Crippen molar-refractivity contribution in [3.05, 3.63) is 5.82 Å². The monoisotopic (exact) mass is 226 g/mol. The highest BCUT2D eigenvalue weighted by molar-refractivity contribution is 5.90. The van der Waals surface area contributed by atoms with E-state index in [-0.39, 0.29) is 18.6 Å². The quantitative estimate of drug-likeness (QED) is 0.809. The Morgan fingerprint density at radius 2 is 2.31 bits per heavy atom. The zero-order valence-electron chi connectivity index (χ0n) is 10.1. The van der Waals surface area contributed by atoms with Gasteiger partial charge >= 0.3 is 0 Å². The minimum atomic E-state index is -0.212. The van der Waals surface area contributed by atoms with Gasteiger partial charge in [0.05, 0.1) is 6.10 Å². The molecule has 1 atom stereocenters. The molecule has 1 rings (SSSR count). The zero-order chi connectivity index (χ0) is 12.1. The molecule has 1 amide bonds. The fourth-order valence-corrected chi connectivity index (χ4v) is 1.12. The van der Waals surface area contributed by atoms with Crippen molar-refractivity contribution in [2.24, 2.45) is 7.05 Å². The molecule has 0 radical (unpaired) electrons. The van der Waals surface area contributed by atoms with Crippen LogP contribution in [0.5, 0.6) is 0 Å². The molecule has 0 aliphatic rings. The minimum absolute atomic E-state index is 0.0426. The van der Waals surface area contributed by atoms with Crippen molar-refractivity contribution in [3.8, 4) is 0 Å². The van der Waals surface area contributed by atoms with Crippen molar-refractivity contribution in [2.45, 2.75) is 33.3 Å². The molecule has 0 aliphatic heterocycles. The van der Waals surface area contributed by atoms with E-state index in [0.717, 1.165) is 6.42 Å². The first-order valence-corrected chi connectivity index (χ1v) is 5.32. The molecule has 0 fully saturated rings. The SMILES string of the molecule is CCC(C)OCC(=O)Nc1nc(C)nn1C. The summed E-state index contributed by atoms with van der Waals surface area (Å²) >= 11 is 0. The molecule has 6 nitrogen and oxygen atoms in total. The molecule has 90 valence electrons. The van der Waals surface area contributed by atoms with E-state index in [1.54, 1.807) is 14.0 Å². The number of carbonyl (C=O) groups is 1. The highest BCUT2D eigenvalue weighted by atomic mass is 16.5. The van der Waals surface area contributed by atoms with E-state index in [1.807, 2.05) is 13.8 Å². The lowest BCUT2D eigenvalue weighted by molar-refractivity contribution is -0.122. The lowest BCUT2D eigenvalue weighted by Gasteiger charge is -2.09. The second-order valence-electron chi connectivity index (χ2n) is 3.68. The number of hydrogen-bond acceptors (Lipinski definition) is 4. The Balaban J connectivity index is 2.43. The van der Waals surface area contributed by atoms with E-state index in [0.29, 0.717) is 11.8 Å². The van der Waals surface area contributed by atoms with Crippen LogP contribution in [0, 0.1) is 6.92 Å². The van der Waals surface area contributed by atoms with Gasteiger partial charge in [0.2, 0.25) is 5.95 Å². The highest BCUT2D eigenvalue weighted by Crippen LogP contribution is 2.02. The van der Waals surface area contributed by atoms with Crippen LogP contribution in [0.1, 0.15) is 26.1 Å². The molecule has 1 aromatic heterocycles. The Morgan fingerprint density at radius 1 is 1.62 bits per heavy atom. The van der Waals surface area contributed by atoms with Crippen LogP contribution in [-0.2, 0) is 16.6 Å². The van der Waals surface area contributed by atoms with Crippen LogP contribution in [-0.4, -0.2) is 33.4 Å². The number of anilines is 1. The number of rotatable bonds is 5. The third-order valence-corrected chi connectivity index (χ3v) is 2.19. The van der Waals surface area contributed by atoms with E-state index in [4.69, 9.17) is 4.74 Å². The van der Waals surface area contributed by atoms with Gasteiger partial charge in [-0.3, -0.25) is 10.1 Å². The molecule has 0 bridgehead atoms. The van der Waals surface area contributed by atoms with Crippen molar-refractivity contribution in [3.63, 3.8) is 0 Å². The van der Waals surface area contributed by atoms with Crippen molar-refractivity contribution in [1.29, 1.82) is 0 Å². The third kappa shape index (κ3) is 3.62. The van der Waals surface area contributed by atoms with Gasteiger partial charge in [-0.25, -0.2) is 4.68 Å². The minimum Gasteiger partial charge on any atom is -0.369 e. The largest absolute Gasteiger partial charge is 0.369 e. The van der Waals surface area contributed by atoms with Crippen LogP contribution >= 0.6 is 0 Å². The van der Waals surface area contributed by atoms with E-state index in [1.165, 1.54) is 4.68 Å². The highest BCUT2D eigenvalue weighted by Gasteiger charge is 2.09. The lowest BCUT2D eigenvalue weighted by atomic mass is 10.3. The first kappa shape index (κ1) is 12.6. The van der Waals surface area contributed by atoms with Gasteiger partial charge in [0, 0.05) is 7.05 Å². The Morgan fingerprint density at radius 3 is 2.81 bits per heavy atom. The van der Waals surface area contributed by atoms with E-state index in [2.05, 4.69) is 15.4 Å². The van der Waals surface area contributed by atoms with Gasteiger partial charge in [-0.05, 0) is 20.3 Å². The topological polar surface area (TPSA) is 69.0 Å². The molecule has 1 unspecified atom stereocenters. The molecular formula is C10H18N4O2. The Hall–Kier alpha value is -1.43. The van der Waals surface area contributed by atoms with Gasteiger partial charge in [-0.1, -0.05) is 6.92 Å². The van der Waals surface area contributed by atoms with Gasteiger partial charge in [-0.2, -0.15) is 10.1 Å². The number of nitrogens with one attached hydrogen (secondary N) is 1. The lowest BCUT2D eigenvalue weighted by Crippen LogP contribution is -2.23. The van der Waals surface area contributed by atoms with Crippen LogP contribution in [0.2, 0.25) is 0 Å². The number of carbonyl (C=O) groups excluding carboxylic acids is 1. The van der Waals surface area contributed by atoms with E-state index in [9.17, 15) is 4.79 Å². The summed E-state index contributed by atoms with van der Waals surface area (Å²) < 4.78 is 6.83. The van der Waals surface area contributed by atoms with Crippen LogP contribution in [0.15, 0.2) is 0 Å². The molecule has 1 aromatic rings. The molecular weight excluding hydrogens is 208 g/mol. The van der Waals surface area contributed by atoms with Gasteiger partial charge in [0.25, 0.3) is 5.91 Å². The summed E-state index contributed by atoms with van der Waals surface area (Å²) in [5.74, 6) is 0.853. The van der Waals surface area contributed by atoms with Crippen molar-refractivity contribution < 1.29 is 9.53 Å². The van der Waals surface area contributed by atoms with Crippen molar-refractivity contribution >= 4 is 11.9 Å². The van der Waals surface area contributed by atoms with Gasteiger partial charge in [0.15, 0.2) is 0 Å². The van der Waals surface area contributed by atoms with Crippen LogP contribution in [0.3, 0.4) is 0 Å². The van der Waals surface area contributed by atoms with Crippen LogP contribution in [0.25, 0.3) is 0 Å². The first-order valence-electron chi connectivity index (χ1n) is 5.32. The molecule has 0 saturated heterocycles. The number of hydrogen-bond donors (Lipinski definition) is 1. The standard InChI is InChI=1S/C10H18N4O2/c1-5-7(2)16-6-9(15)12-10-11-8(3)13-14(10)4/h7H,5-6H2,1-4H3,(H,11,12,13,15). The summed E-state index contributed by atoms with van der Waals surface area (Å²) in [4.78, 5) is 15.5.